The van der Waals surface area contributed by atoms with Gasteiger partial charge >= 0.3 is 0 Å². The molecule has 21 heavy (non-hydrogen) atoms. The predicted molar refractivity (Wildman–Crippen MR) is 89.2 cm³/mol. The smallest absolute Gasteiger partial charge is 0.225 e. The van der Waals surface area contributed by atoms with Crippen molar-refractivity contribution in [2.45, 2.75) is 52.9 Å². The molecule has 0 saturated carbocycles. The summed E-state index contributed by atoms with van der Waals surface area (Å²) >= 11 is 0. The van der Waals surface area contributed by atoms with E-state index in [2.05, 4.69) is 30.6 Å². The first-order valence-electron chi connectivity index (χ1n) is 8.83. The molecule has 1 aliphatic rings. The van der Waals surface area contributed by atoms with Crippen LogP contribution in [0.5, 0.6) is 0 Å². The third-order valence-corrected chi connectivity index (χ3v) is 4.50. The van der Waals surface area contributed by atoms with Crippen LogP contribution < -0.4 is 5.73 Å². The first-order valence-corrected chi connectivity index (χ1v) is 8.83. The lowest BCUT2D eigenvalue weighted by atomic mass is 9.96. The van der Waals surface area contributed by atoms with E-state index in [9.17, 15) is 4.79 Å². The van der Waals surface area contributed by atoms with E-state index in [1.165, 1.54) is 0 Å². The second-order valence-electron chi connectivity index (χ2n) is 6.59. The van der Waals surface area contributed by atoms with E-state index in [0.29, 0.717) is 11.8 Å². The summed E-state index contributed by atoms with van der Waals surface area (Å²) in [6, 6.07) is 0. The van der Waals surface area contributed by atoms with Crippen LogP contribution in [0.15, 0.2) is 0 Å². The fourth-order valence-electron chi connectivity index (χ4n) is 3.24. The lowest BCUT2D eigenvalue weighted by Crippen LogP contribution is -2.39. The number of hydrogen-bond donors (Lipinski definition) is 1. The van der Waals surface area contributed by atoms with Gasteiger partial charge in [-0.1, -0.05) is 33.6 Å². The van der Waals surface area contributed by atoms with Gasteiger partial charge in [0.05, 0.1) is 0 Å². The summed E-state index contributed by atoms with van der Waals surface area (Å²) in [5, 5.41) is 0. The van der Waals surface area contributed by atoms with Crippen molar-refractivity contribution in [2.75, 3.05) is 39.3 Å². The molecule has 1 saturated heterocycles. The quantitative estimate of drug-likeness (QED) is 0.748. The van der Waals surface area contributed by atoms with Crippen molar-refractivity contribution in [1.82, 2.24) is 9.80 Å². The van der Waals surface area contributed by atoms with Gasteiger partial charge in [-0.25, -0.2) is 0 Å². The average molecular weight is 297 g/mol. The molecule has 1 unspecified atom stereocenters. The Morgan fingerprint density at radius 3 is 2.33 bits per heavy atom. The molecule has 1 aliphatic heterocycles. The minimum absolute atomic E-state index is 0.245. The highest BCUT2D eigenvalue weighted by atomic mass is 16.2. The van der Waals surface area contributed by atoms with E-state index < -0.39 is 0 Å². The van der Waals surface area contributed by atoms with Crippen LogP contribution in [0.4, 0.5) is 0 Å². The van der Waals surface area contributed by atoms with Gasteiger partial charge in [-0.2, -0.15) is 0 Å². The molecule has 0 aromatic carbocycles. The number of nitrogens with two attached hydrogens (primary N) is 1. The maximum Gasteiger partial charge on any atom is 0.225 e. The van der Waals surface area contributed by atoms with Gasteiger partial charge in [0.15, 0.2) is 0 Å². The Kier molecular flexibility index (Phi) is 8.93. The third kappa shape index (κ3) is 6.35. The summed E-state index contributed by atoms with van der Waals surface area (Å²) < 4.78 is 0. The highest BCUT2D eigenvalue weighted by Gasteiger charge is 2.25. The van der Waals surface area contributed by atoms with Crippen LogP contribution in [0, 0.1) is 11.8 Å². The fraction of sp³-hybridized carbons (Fsp3) is 0.941. The van der Waals surface area contributed by atoms with E-state index >= 15 is 0 Å². The Morgan fingerprint density at radius 1 is 1.10 bits per heavy atom. The fourth-order valence-corrected chi connectivity index (χ4v) is 3.24. The van der Waals surface area contributed by atoms with E-state index in [1.54, 1.807) is 0 Å². The van der Waals surface area contributed by atoms with Crippen molar-refractivity contribution < 1.29 is 4.79 Å². The topological polar surface area (TPSA) is 49.6 Å². The van der Waals surface area contributed by atoms with Crippen molar-refractivity contribution in [3.63, 3.8) is 0 Å². The van der Waals surface area contributed by atoms with Gasteiger partial charge < -0.3 is 15.5 Å². The minimum Gasteiger partial charge on any atom is -0.341 e. The summed E-state index contributed by atoms with van der Waals surface area (Å²) in [5.41, 5.74) is 5.72. The Bertz CT molecular complexity index is 290. The largest absolute Gasteiger partial charge is 0.341 e. The number of nitrogens with zero attached hydrogens (tertiary/aromatic N) is 2. The van der Waals surface area contributed by atoms with Crippen LogP contribution in [0.2, 0.25) is 0 Å². The first-order chi connectivity index (χ1) is 10.1. The zero-order valence-corrected chi connectivity index (χ0v) is 14.3. The second-order valence-corrected chi connectivity index (χ2v) is 6.59. The van der Waals surface area contributed by atoms with Gasteiger partial charge in [-0.15, -0.1) is 0 Å². The standard InChI is InChI=1S/C17H35N3O/c1-4-7-16(8-5-2)17(21)20-10-6-9-19(11-12-20)14-15(3)13-18/h15-16H,4-14,18H2,1-3H3. The molecule has 0 aliphatic carbocycles. The van der Waals surface area contributed by atoms with Gasteiger partial charge in [0, 0.05) is 32.1 Å². The average Bonchev–Trinajstić information content (AvgIpc) is 2.71. The van der Waals surface area contributed by atoms with Crippen LogP contribution in [-0.4, -0.2) is 55.0 Å². The molecular formula is C17H35N3O. The maximum absolute atomic E-state index is 12.7. The molecule has 1 fully saturated rings. The molecule has 4 heteroatoms. The summed E-state index contributed by atoms with van der Waals surface area (Å²) in [6.45, 7) is 12.3. The SMILES string of the molecule is CCCC(CCC)C(=O)N1CCCN(CC(C)CN)CC1. The van der Waals surface area contributed by atoms with Crippen molar-refractivity contribution in [3.05, 3.63) is 0 Å². The third-order valence-electron chi connectivity index (χ3n) is 4.50. The van der Waals surface area contributed by atoms with Crippen LogP contribution in [0.1, 0.15) is 52.9 Å². The highest BCUT2D eigenvalue weighted by molar-refractivity contribution is 5.78. The number of hydrogen-bond acceptors (Lipinski definition) is 3. The zero-order chi connectivity index (χ0) is 15.7. The molecule has 0 spiro atoms. The monoisotopic (exact) mass is 297 g/mol. The van der Waals surface area contributed by atoms with Crippen molar-refractivity contribution in [1.29, 1.82) is 0 Å². The Hall–Kier alpha value is -0.610. The Labute approximate surface area is 131 Å². The van der Waals surface area contributed by atoms with Crippen LogP contribution in [0.25, 0.3) is 0 Å². The predicted octanol–water partition coefficient (Wildman–Crippen LogP) is 2.33. The molecule has 1 heterocycles. The van der Waals surface area contributed by atoms with Gasteiger partial charge in [0.25, 0.3) is 0 Å². The normalized spacial score (nSPS) is 18.8. The lowest BCUT2D eigenvalue weighted by Gasteiger charge is -2.27. The van der Waals surface area contributed by atoms with Gasteiger partial charge in [-0.3, -0.25) is 4.79 Å². The van der Waals surface area contributed by atoms with Crippen LogP contribution >= 0.6 is 0 Å². The molecule has 4 nitrogen and oxygen atoms in total. The lowest BCUT2D eigenvalue weighted by molar-refractivity contribution is -0.135. The number of carbonyl (C=O) groups excluding carboxylic acids is 1. The minimum atomic E-state index is 0.245. The van der Waals surface area contributed by atoms with Crippen molar-refractivity contribution in [3.8, 4) is 0 Å². The molecule has 2 N–H and O–H groups in total. The second kappa shape index (κ2) is 10.2. The summed E-state index contributed by atoms with van der Waals surface area (Å²) in [6.07, 6.45) is 5.37. The molecular weight excluding hydrogens is 262 g/mol. The van der Waals surface area contributed by atoms with Gasteiger partial charge in [0.2, 0.25) is 5.91 Å². The first kappa shape index (κ1) is 18.4. The van der Waals surface area contributed by atoms with E-state index in [1.807, 2.05) is 0 Å². The van der Waals surface area contributed by atoms with E-state index in [4.69, 9.17) is 5.73 Å². The van der Waals surface area contributed by atoms with E-state index in [-0.39, 0.29) is 5.92 Å². The number of amides is 1. The summed E-state index contributed by atoms with van der Waals surface area (Å²) in [4.78, 5) is 17.3. The molecule has 1 atom stereocenters. The molecule has 0 radical (unpaired) electrons. The Balaban J connectivity index is 2.50. The van der Waals surface area contributed by atoms with Gasteiger partial charge in [-0.05, 0) is 38.3 Å². The molecule has 0 aromatic rings. The van der Waals surface area contributed by atoms with Crippen LogP contribution in [0.3, 0.4) is 0 Å². The van der Waals surface area contributed by atoms with Crippen molar-refractivity contribution in [2.24, 2.45) is 17.6 Å². The summed E-state index contributed by atoms with van der Waals surface area (Å²) in [5.74, 6) is 1.18. The zero-order valence-electron chi connectivity index (χ0n) is 14.3. The summed E-state index contributed by atoms with van der Waals surface area (Å²) in [7, 11) is 0. The highest BCUT2D eigenvalue weighted by Crippen LogP contribution is 2.18. The molecule has 0 aromatic heterocycles. The van der Waals surface area contributed by atoms with E-state index in [0.717, 1.165) is 71.4 Å². The Morgan fingerprint density at radius 2 is 1.76 bits per heavy atom. The molecule has 124 valence electrons. The molecule has 1 rings (SSSR count). The maximum atomic E-state index is 12.7. The van der Waals surface area contributed by atoms with Crippen LogP contribution in [-0.2, 0) is 4.79 Å². The molecule has 1 amide bonds. The van der Waals surface area contributed by atoms with Crippen molar-refractivity contribution >= 4 is 5.91 Å². The molecule has 0 bridgehead atoms. The number of carbonyl (C=O) groups is 1. The van der Waals surface area contributed by atoms with Gasteiger partial charge in [0.1, 0.15) is 0 Å². The number of rotatable bonds is 8.